The summed E-state index contributed by atoms with van der Waals surface area (Å²) in [7, 11) is 2.88. The lowest BCUT2D eigenvalue weighted by Gasteiger charge is -2.05. The highest BCUT2D eigenvalue weighted by Crippen LogP contribution is 2.11. The first-order chi connectivity index (χ1) is 9.45. The van der Waals surface area contributed by atoms with Gasteiger partial charge in [0.15, 0.2) is 11.2 Å². The van der Waals surface area contributed by atoms with E-state index in [0.29, 0.717) is 30.0 Å². The van der Waals surface area contributed by atoms with Crippen molar-refractivity contribution >= 4 is 17.1 Å². The number of esters is 1. The molecule has 20 heavy (non-hydrogen) atoms. The van der Waals surface area contributed by atoms with Crippen LogP contribution in [0.3, 0.4) is 0 Å². The Labute approximate surface area is 114 Å². The summed E-state index contributed by atoms with van der Waals surface area (Å²) < 4.78 is 7.57. The monoisotopic (exact) mass is 280 g/mol. The van der Waals surface area contributed by atoms with Crippen LogP contribution in [-0.4, -0.2) is 32.2 Å². The fraction of sp³-hybridized carbons (Fsp3) is 0.500. The lowest BCUT2D eigenvalue weighted by Crippen LogP contribution is -2.29. The Balaban J connectivity index is 2.42. The Morgan fingerprint density at radius 1 is 1.40 bits per heavy atom. The number of nitrogens with one attached hydrogen (secondary N) is 1. The van der Waals surface area contributed by atoms with Gasteiger partial charge in [-0.15, -0.1) is 0 Å². The number of ether oxygens (including phenoxy) is 1. The zero-order chi connectivity index (χ0) is 14.9. The minimum absolute atomic E-state index is 0.263. The largest absolute Gasteiger partial charge is 0.469 e. The van der Waals surface area contributed by atoms with Crippen LogP contribution in [0.2, 0.25) is 0 Å². The second kappa shape index (κ2) is 5.32. The molecule has 8 nitrogen and oxygen atoms in total. The molecule has 2 aromatic heterocycles. The number of aromatic nitrogens is 4. The average molecular weight is 280 g/mol. The highest BCUT2D eigenvalue weighted by Gasteiger charge is 2.14. The van der Waals surface area contributed by atoms with Gasteiger partial charge < -0.3 is 9.30 Å². The molecule has 0 unspecified atom stereocenters. The molecular formula is C12H16N4O4. The van der Waals surface area contributed by atoms with E-state index in [-0.39, 0.29) is 12.4 Å². The SMILES string of the molecule is COC(=O)CCCn1c(C)nc2c1c(=O)[nH]c(=O)n2C. The Morgan fingerprint density at radius 3 is 2.75 bits per heavy atom. The van der Waals surface area contributed by atoms with E-state index in [4.69, 9.17) is 0 Å². The summed E-state index contributed by atoms with van der Waals surface area (Å²) >= 11 is 0. The molecule has 8 heteroatoms. The number of fused-ring (bicyclic) bond motifs is 1. The quantitative estimate of drug-likeness (QED) is 0.774. The zero-order valence-electron chi connectivity index (χ0n) is 11.6. The number of aromatic amines is 1. The standard InChI is InChI=1S/C12H16N4O4/c1-7-13-10-9(11(18)14-12(19)15(10)2)16(7)6-4-5-8(17)20-3/h4-6H2,1-3H3,(H,14,18,19). The topological polar surface area (TPSA) is 99.0 Å². The molecule has 0 bridgehead atoms. The third-order valence-corrected chi connectivity index (χ3v) is 3.19. The normalized spacial score (nSPS) is 10.9. The fourth-order valence-corrected chi connectivity index (χ4v) is 2.10. The van der Waals surface area contributed by atoms with Gasteiger partial charge in [-0.1, -0.05) is 0 Å². The molecule has 0 aliphatic heterocycles. The zero-order valence-corrected chi connectivity index (χ0v) is 11.6. The van der Waals surface area contributed by atoms with Crippen LogP contribution >= 0.6 is 0 Å². The van der Waals surface area contributed by atoms with Crippen molar-refractivity contribution in [3.05, 3.63) is 26.7 Å². The van der Waals surface area contributed by atoms with Crippen LogP contribution in [0.15, 0.2) is 9.59 Å². The van der Waals surface area contributed by atoms with Crippen molar-refractivity contribution < 1.29 is 9.53 Å². The van der Waals surface area contributed by atoms with Gasteiger partial charge in [0.2, 0.25) is 0 Å². The molecule has 0 spiro atoms. The first-order valence-electron chi connectivity index (χ1n) is 6.18. The number of imidazole rings is 1. The summed E-state index contributed by atoms with van der Waals surface area (Å²) in [4.78, 5) is 41.0. The summed E-state index contributed by atoms with van der Waals surface area (Å²) in [5, 5.41) is 0. The van der Waals surface area contributed by atoms with Gasteiger partial charge in [0, 0.05) is 20.0 Å². The van der Waals surface area contributed by atoms with E-state index in [2.05, 4.69) is 14.7 Å². The van der Waals surface area contributed by atoms with Crippen molar-refractivity contribution in [2.45, 2.75) is 26.3 Å². The van der Waals surface area contributed by atoms with Crippen LogP contribution in [0.4, 0.5) is 0 Å². The van der Waals surface area contributed by atoms with E-state index in [9.17, 15) is 14.4 Å². The third-order valence-electron chi connectivity index (χ3n) is 3.19. The maximum atomic E-state index is 11.9. The molecule has 1 N–H and O–H groups in total. The minimum atomic E-state index is -0.498. The number of aryl methyl sites for hydroxylation is 3. The Morgan fingerprint density at radius 2 is 2.10 bits per heavy atom. The first-order valence-corrected chi connectivity index (χ1v) is 6.18. The second-order valence-corrected chi connectivity index (χ2v) is 4.48. The molecule has 108 valence electrons. The number of hydrogen-bond acceptors (Lipinski definition) is 5. The van der Waals surface area contributed by atoms with Gasteiger partial charge in [-0.2, -0.15) is 0 Å². The summed E-state index contributed by atoms with van der Waals surface area (Å²) in [6.07, 6.45) is 0.792. The molecule has 0 saturated carbocycles. The molecule has 0 radical (unpaired) electrons. The van der Waals surface area contributed by atoms with Gasteiger partial charge in [0.25, 0.3) is 5.56 Å². The van der Waals surface area contributed by atoms with Crippen LogP contribution in [0, 0.1) is 6.92 Å². The molecule has 2 heterocycles. The molecular weight excluding hydrogens is 264 g/mol. The van der Waals surface area contributed by atoms with E-state index < -0.39 is 11.2 Å². The van der Waals surface area contributed by atoms with Gasteiger partial charge in [-0.25, -0.2) is 9.78 Å². The summed E-state index contributed by atoms with van der Waals surface area (Å²) in [5.74, 6) is 0.324. The Hall–Kier alpha value is -2.38. The molecule has 0 saturated heterocycles. The van der Waals surface area contributed by atoms with Crippen molar-refractivity contribution in [3.63, 3.8) is 0 Å². The number of rotatable bonds is 4. The fourth-order valence-electron chi connectivity index (χ4n) is 2.10. The number of H-pyrrole nitrogens is 1. The van der Waals surface area contributed by atoms with Crippen LogP contribution in [0.25, 0.3) is 11.2 Å². The summed E-state index contributed by atoms with van der Waals surface area (Å²) in [5.41, 5.74) is -0.285. The minimum Gasteiger partial charge on any atom is -0.469 e. The number of carbonyl (C=O) groups is 1. The number of methoxy groups -OCH3 is 1. The molecule has 0 aliphatic carbocycles. The number of carbonyl (C=O) groups excluding carboxylic acids is 1. The van der Waals surface area contributed by atoms with Gasteiger partial charge >= 0.3 is 11.7 Å². The Kier molecular flexibility index (Phi) is 3.73. The van der Waals surface area contributed by atoms with Gasteiger partial charge in [0.1, 0.15) is 5.82 Å². The first kappa shape index (κ1) is 14.0. The maximum absolute atomic E-state index is 11.9. The molecule has 0 aliphatic rings. The molecule has 0 amide bonds. The van der Waals surface area contributed by atoms with Crippen molar-refractivity contribution in [2.75, 3.05) is 7.11 Å². The van der Waals surface area contributed by atoms with Crippen molar-refractivity contribution in [1.29, 1.82) is 0 Å². The maximum Gasteiger partial charge on any atom is 0.329 e. The second-order valence-electron chi connectivity index (χ2n) is 4.48. The number of nitrogens with zero attached hydrogens (tertiary/aromatic N) is 3. The summed E-state index contributed by atoms with van der Waals surface area (Å²) in [6.45, 7) is 2.21. The van der Waals surface area contributed by atoms with E-state index in [0.717, 1.165) is 0 Å². The van der Waals surface area contributed by atoms with Gasteiger partial charge in [-0.3, -0.25) is 19.1 Å². The predicted molar refractivity (Wildman–Crippen MR) is 71.6 cm³/mol. The number of hydrogen-bond donors (Lipinski definition) is 1. The van der Waals surface area contributed by atoms with Crippen molar-refractivity contribution in [1.82, 2.24) is 19.1 Å². The highest BCUT2D eigenvalue weighted by molar-refractivity contribution is 5.71. The molecule has 2 rings (SSSR count). The van der Waals surface area contributed by atoms with E-state index >= 15 is 0 Å². The molecule has 0 atom stereocenters. The van der Waals surface area contributed by atoms with Gasteiger partial charge in [0.05, 0.1) is 7.11 Å². The van der Waals surface area contributed by atoms with Gasteiger partial charge in [-0.05, 0) is 13.3 Å². The predicted octanol–water partition coefficient (Wildman–Crippen LogP) is -0.315. The third kappa shape index (κ3) is 2.36. The van der Waals surface area contributed by atoms with E-state index in [1.807, 2.05) is 0 Å². The van der Waals surface area contributed by atoms with E-state index in [1.165, 1.54) is 11.7 Å². The molecule has 0 fully saturated rings. The van der Waals surface area contributed by atoms with Crippen molar-refractivity contribution in [3.8, 4) is 0 Å². The van der Waals surface area contributed by atoms with Crippen LogP contribution in [0.5, 0.6) is 0 Å². The van der Waals surface area contributed by atoms with Crippen molar-refractivity contribution in [2.24, 2.45) is 7.05 Å². The summed E-state index contributed by atoms with van der Waals surface area (Å²) in [6, 6.07) is 0. The average Bonchev–Trinajstić information content (AvgIpc) is 2.74. The molecule has 2 aromatic rings. The Bertz CT molecular complexity index is 768. The van der Waals surface area contributed by atoms with Crippen LogP contribution in [-0.2, 0) is 23.1 Å². The smallest absolute Gasteiger partial charge is 0.329 e. The van der Waals surface area contributed by atoms with Crippen LogP contribution < -0.4 is 11.2 Å². The van der Waals surface area contributed by atoms with Crippen LogP contribution in [0.1, 0.15) is 18.7 Å². The lowest BCUT2D eigenvalue weighted by atomic mass is 10.3. The molecule has 0 aromatic carbocycles. The van der Waals surface area contributed by atoms with E-state index in [1.54, 1.807) is 18.5 Å². The highest BCUT2D eigenvalue weighted by atomic mass is 16.5. The lowest BCUT2D eigenvalue weighted by molar-refractivity contribution is -0.140.